The molecule has 1 heterocycles. The van der Waals surface area contributed by atoms with Crippen LogP contribution in [0.4, 0.5) is 0 Å². The number of rotatable bonds is 5. The summed E-state index contributed by atoms with van der Waals surface area (Å²) in [6.45, 7) is 5.27. The van der Waals surface area contributed by atoms with Crippen molar-refractivity contribution in [2.75, 3.05) is 0 Å². The average Bonchev–Trinajstić information content (AvgIpc) is 2.69. The molecule has 1 aromatic heterocycles. The number of hydrogen-bond acceptors (Lipinski definition) is 4. The minimum atomic E-state index is 0.0754. The molecule has 0 amide bonds. The fraction of sp³-hybridized carbons (Fsp3) is 0.357. The van der Waals surface area contributed by atoms with Crippen LogP contribution >= 0.6 is 0 Å². The third kappa shape index (κ3) is 3.18. The van der Waals surface area contributed by atoms with Gasteiger partial charge in [0.2, 0.25) is 5.89 Å². The molecule has 2 N–H and O–H groups in total. The zero-order valence-electron chi connectivity index (χ0n) is 10.7. The highest BCUT2D eigenvalue weighted by atomic mass is 16.4. The molecule has 2 aromatic rings. The minimum absolute atomic E-state index is 0.0754. The van der Waals surface area contributed by atoms with Gasteiger partial charge in [0.25, 0.3) is 0 Å². The quantitative estimate of drug-likeness (QED) is 0.848. The molecule has 0 radical (unpaired) electrons. The van der Waals surface area contributed by atoms with E-state index in [2.05, 4.69) is 10.3 Å². The van der Waals surface area contributed by atoms with Gasteiger partial charge in [0.15, 0.2) is 0 Å². The normalized spacial score (nSPS) is 10.8. The first kappa shape index (κ1) is 12.8. The first-order chi connectivity index (χ1) is 8.69. The molecule has 0 bridgehead atoms. The lowest BCUT2D eigenvalue weighted by Gasteiger charge is -2.04. The third-order valence-electron chi connectivity index (χ3n) is 2.85. The number of aryl methyl sites for hydroxylation is 2. The van der Waals surface area contributed by atoms with E-state index in [4.69, 9.17) is 9.52 Å². The van der Waals surface area contributed by atoms with Crippen LogP contribution < -0.4 is 5.32 Å². The van der Waals surface area contributed by atoms with Crippen molar-refractivity contribution in [3.63, 3.8) is 0 Å². The summed E-state index contributed by atoms with van der Waals surface area (Å²) in [6.07, 6.45) is 0. The predicted octanol–water partition coefficient (Wildman–Crippen LogP) is 2.07. The van der Waals surface area contributed by atoms with Gasteiger partial charge in [-0.25, -0.2) is 4.98 Å². The van der Waals surface area contributed by atoms with Gasteiger partial charge < -0.3 is 14.8 Å². The smallest absolute Gasteiger partial charge is 0.208 e. The Labute approximate surface area is 107 Å². The van der Waals surface area contributed by atoms with Crippen molar-refractivity contribution < 1.29 is 9.52 Å². The number of nitrogens with one attached hydrogen (secondary N) is 1. The van der Waals surface area contributed by atoms with Crippen molar-refractivity contribution in [2.45, 2.75) is 33.5 Å². The van der Waals surface area contributed by atoms with Crippen LogP contribution in [0.15, 0.2) is 28.7 Å². The summed E-state index contributed by atoms with van der Waals surface area (Å²) in [7, 11) is 0. The highest BCUT2D eigenvalue weighted by Gasteiger charge is 2.04. The van der Waals surface area contributed by atoms with E-state index in [0.29, 0.717) is 12.4 Å². The summed E-state index contributed by atoms with van der Waals surface area (Å²) < 4.78 is 5.48. The Morgan fingerprint density at radius 3 is 2.67 bits per heavy atom. The average molecular weight is 246 g/mol. The van der Waals surface area contributed by atoms with Crippen molar-refractivity contribution in [2.24, 2.45) is 0 Å². The second-order valence-corrected chi connectivity index (χ2v) is 4.33. The SMILES string of the molecule is Cc1nc(CNCc2cccc(CO)c2)oc1C. The highest BCUT2D eigenvalue weighted by molar-refractivity contribution is 5.22. The summed E-state index contributed by atoms with van der Waals surface area (Å²) in [5.74, 6) is 1.58. The van der Waals surface area contributed by atoms with Crippen LogP contribution in [0.25, 0.3) is 0 Å². The van der Waals surface area contributed by atoms with E-state index in [9.17, 15) is 0 Å². The summed E-state index contributed by atoms with van der Waals surface area (Å²) >= 11 is 0. The standard InChI is InChI=1S/C14H18N2O2/c1-10-11(2)18-14(16-10)8-15-7-12-4-3-5-13(6-12)9-17/h3-6,15,17H,7-9H2,1-2H3. The molecule has 0 spiro atoms. The molecule has 0 aliphatic carbocycles. The van der Waals surface area contributed by atoms with E-state index >= 15 is 0 Å². The number of oxazole rings is 1. The van der Waals surface area contributed by atoms with Crippen LogP contribution in [-0.4, -0.2) is 10.1 Å². The Morgan fingerprint density at radius 1 is 1.22 bits per heavy atom. The molecule has 0 saturated heterocycles. The molecule has 4 nitrogen and oxygen atoms in total. The van der Waals surface area contributed by atoms with Gasteiger partial charge in [-0.1, -0.05) is 24.3 Å². The van der Waals surface area contributed by atoms with Gasteiger partial charge >= 0.3 is 0 Å². The fourth-order valence-corrected chi connectivity index (χ4v) is 1.77. The Balaban J connectivity index is 1.88. The molecule has 0 saturated carbocycles. The molecule has 0 aliphatic rings. The molecular weight excluding hydrogens is 228 g/mol. The first-order valence-corrected chi connectivity index (χ1v) is 6.01. The number of benzene rings is 1. The maximum absolute atomic E-state index is 9.05. The van der Waals surface area contributed by atoms with E-state index in [-0.39, 0.29) is 6.61 Å². The summed E-state index contributed by atoms with van der Waals surface area (Å²) in [4.78, 5) is 4.31. The van der Waals surface area contributed by atoms with Gasteiger partial charge in [-0.2, -0.15) is 0 Å². The van der Waals surface area contributed by atoms with Gasteiger partial charge in [0.05, 0.1) is 18.8 Å². The van der Waals surface area contributed by atoms with E-state index in [0.717, 1.165) is 29.1 Å². The number of aliphatic hydroxyl groups is 1. The Morgan fingerprint density at radius 2 is 2.00 bits per heavy atom. The van der Waals surface area contributed by atoms with Crippen LogP contribution in [0.5, 0.6) is 0 Å². The fourth-order valence-electron chi connectivity index (χ4n) is 1.77. The Bertz CT molecular complexity index is 501. The van der Waals surface area contributed by atoms with E-state index in [1.165, 1.54) is 0 Å². The maximum Gasteiger partial charge on any atom is 0.208 e. The first-order valence-electron chi connectivity index (χ1n) is 6.01. The minimum Gasteiger partial charge on any atom is -0.444 e. The zero-order valence-corrected chi connectivity index (χ0v) is 10.7. The number of aromatic nitrogens is 1. The van der Waals surface area contributed by atoms with Crippen molar-refractivity contribution in [3.05, 3.63) is 52.7 Å². The predicted molar refractivity (Wildman–Crippen MR) is 68.9 cm³/mol. The van der Waals surface area contributed by atoms with E-state index < -0.39 is 0 Å². The van der Waals surface area contributed by atoms with Gasteiger partial charge in [0, 0.05) is 6.54 Å². The van der Waals surface area contributed by atoms with Crippen LogP contribution in [-0.2, 0) is 19.7 Å². The summed E-state index contributed by atoms with van der Waals surface area (Å²) in [5, 5.41) is 12.3. The van der Waals surface area contributed by atoms with Gasteiger partial charge in [-0.3, -0.25) is 0 Å². The van der Waals surface area contributed by atoms with Gasteiger partial charge in [-0.05, 0) is 25.0 Å². The maximum atomic E-state index is 9.05. The monoisotopic (exact) mass is 246 g/mol. The van der Waals surface area contributed by atoms with Crippen molar-refractivity contribution in [3.8, 4) is 0 Å². The van der Waals surface area contributed by atoms with Crippen LogP contribution in [0.3, 0.4) is 0 Å². The zero-order chi connectivity index (χ0) is 13.0. The van der Waals surface area contributed by atoms with Crippen molar-refractivity contribution in [1.82, 2.24) is 10.3 Å². The topological polar surface area (TPSA) is 58.3 Å². The van der Waals surface area contributed by atoms with E-state index in [1.807, 2.05) is 38.1 Å². The van der Waals surface area contributed by atoms with Gasteiger partial charge in [-0.15, -0.1) is 0 Å². The molecule has 96 valence electrons. The molecular formula is C14H18N2O2. The molecule has 18 heavy (non-hydrogen) atoms. The number of aliphatic hydroxyl groups excluding tert-OH is 1. The van der Waals surface area contributed by atoms with Crippen LogP contribution in [0.1, 0.15) is 28.5 Å². The largest absolute Gasteiger partial charge is 0.444 e. The lowest BCUT2D eigenvalue weighted by atomic mass is 10.1. The Kier molecular flexibility index (Phi) is 4.12. The molecule has 0 fully saturated rings. The molecule has 1 aromatic carbocycles. The lowest BCUT2D eigenvalue weighted by Crippen LogP contribution is -2.13. The van der Waals surface area contributed by atoms with Crippen LogP contribution in [0, 0.1) is 13.8 Å². The van der Waals surface area contributed by atoms with Crippen molar-refractivity contribution >= 4 is 0 Å². The second kappa shape index (κ2) is 5.80. The van der Waals surface area contributed by atoms with Crippen LogP contribution in [0.2, 0.25) is 0 Å². The summed E-state index contributed by atoms with van der Waals surface area (Å²) in [6, 6.07) is 7.86. The number of hydrogen-bond donors (Lipinski definition) is 2. The van der Waals surface area contributed by atoms with E-state index in [1.54, 1.807) is 0 Å². The second-order valence-electron chi connectivity index (χ2n) is 4.33. The molecule has 0 atom stereocenters. The highest BCUT2D eigenvalue weighted by Crippen LogP contribution is 2.09. The summed E-state index contributed by atoms with van der Waals surface area (Å²) in [5.41, 5.74) is 3.01. The van der Waals surface area contributed by atoms with Crippen molar-refractivity contribution in [1.29, 1.82) is 0 Å². The third-order valence-corrected chi connectivity index (χ3v) is 2.85. The molecule has 0 aliphatic heterocycles. The lowest BCUT2D eigenvalue weighted by molar-refractivity contribution is 0.281. The number of nitrogens with zero attached hydrogens (tertiary/aromatic N) is 1. The Hall–Kier alpha value is -1.65. The molecule has 2 rings (SSSR count). The van der Waals surface area contributed by atoms with Gasteiger partial charge in [0.1, 0.15) is 5.76 Å². The molecule has 4 heteroatoms. The molecule has 0 unspecified atom stereocenters.